The predicted molar refractivity (Wildman–Crippen MR) is 110 cm³/mol. The number of likely N-dealkylation sites (tertiary alicyclic amines) is 1. The molecule has 152 valence electrons. The molecule has 4 nitrogen and oxygen atoms in total. The van der Waals surface area contributed by atoms with E-state index in [-0.39, 0.29) is 23.5 Å². The second-order valence-electron chi connectivity index (χ2n) is 8.64. The van der Waals surface area contributed by atoms with E-state index in [1.807, 2.05) is 35.2 Å². The van der Waals surface area contributed by atoms with Gasteiger partial charge in [-0.15, -0.1) is 0 Å². The van der Waals surface area contributed by atoms with Crippen LogP contribution in [0.3, 0.4) is 0 Å². The van der Waals surface area contributed by atoms with E-state index in [1.165, 1.54) is 6.07 Å². The van der Waals surface area contributed by atoms with Crippen LogP contribution < -0.4 is 5.73 Å². The maximum absolute atomic E-state index is 14.0. The predicted octanol–water partition coefficient (Wildman–Crippen LogP) is 3.79. The summed E-state index contributed by atoms with van der Waals surface area (Å²) in [6.45, 7) is 3.27. The Hall–Kier alpha value is -2.69. The first-order valence-corrected chi connectivity index (χ1v) is 10.3. The average Bonchev–Trinajstić information content (AvgIpc) is 3.45. The first-order valence-electron chi connectivity index (χ1n) is 10.3. The number of hydrogen-bond acceptors (Lipinski definition) is 2. The SMILES string of the molecule is C[C@H]1C[C@@H]1C(=O)N1CCC(Cc2ccc(-c3ccccc3F)cc2)(C(N)=O)CC1. The van der Waals surface area contributed by atoms with Gasteiger partial charge in [-0.25, -0.2) is 4.39 Å². The standard InChI is InChI=1S/C24H27FN2O2/c1-16-14-20(16)22(28)27-12-10-24(11-13-27,23(26)29)15-17-6-8-18(9-7-17)19-4-2-3-5-21(19)25/h2-9,16,20H,10-15H2,1H3,(H2,26,29)/t16-,20-/m0/s1. The Labute approximate surface area is 170 Å². The van der Waals surface area contributed by atoms with Crippen LogP contribution in [-0.4, -0.2) is 29.8 Å². The fourth-order valence-corrected chi connectivity index (χ4v) is 4.45. The number of rotatable bonds is 5. The Morgan fingerprint density at radius 1 is 1.10 bits per heavy atom. The molecule has 1 saturated heterocycles. The van der Waals surface area contributed by atoms with Gasteiger partial charge in [-0.2, -0.15) is 0 Å². The van der Waals surface area contributed by atoms with Gasteiger partial charge in [-0.3, -0.25) is 9.59 Å². The van der Waals surface area contributed by atoms with Gasteiger partial charge in [0.05, 0.1) is 5.41 Å². The molecule has 4 rings (SSSR count). The molecule has 0 aromatic heterocycles. The topological polar surface area (TPSA) is 63.4 Å². The van der Waals surface area contributed by atoms with Gasteiger partial charge in [-0.1, -0.05) is 49.4 Å². The third-order valence-corrected chi connectivity index (χ3v) is 6.66. The second kappa shape index (κ2) is 7.62. The Morgan fingerprint density at radius 3 is 2.28 bits per heavy atom. The third kappa shape index (κ3) is 3.91. The normalized spacial score (nSPS) is 22.9. The first kappa shape index (κ1) is 19.6. The molecule has 29 heavy (non-hydrogen) atoms. The number of carbonyl (C=O) groups excluding carboxylic acids is 2. The van der Waals surface area contributed by atoms with Crippen molar-refractivity contribution < 1.29 is 14.0 Å². The van der Waals surface area contributed by atoms with E-state index in [2.05, 4.69) is 6.92 Å². The quantitative estimate of drug-likeness (QED) is 0.839. The Kier molecular flexibility index (Phi) is 5.15. The molecular weight excluding hydrogens is 367 g/mol. The molecule has 2 fully saturated rings. The lowest BCUT2D eigenvalue weighted by Crippen LogP contribution is -2.50. The molecule has 2 aromatic rings. The minimum absolute atomic E-state index is 0.169. The fourth-order valence-electron chi connectivity index (χ4n) is 4.45. The van der Waals surface area contributed by atoms with Crippen molar-refractivity contribution >= 4 is 11.8 Å². The first-order chi connectivity index (χ1) is 13.9. The van der Waals surface area contributed by atoms with Gasteiger partial charge in [0.15, 0.2) is 0 Å². The van der Waals surface area contributed by atoms with Crippen LogP contribution in [0.4, 0.5) is 4.39 Å². The molecule has 0 radical (unpaired) electrons. The van der Waals surface area contributed by atoms with Gasteiger partial charge in [-0.05, 0) is 48.8 Å². The van der Waals surface area contributed by atoms with E-state index in [0.29, 0.717) is 43.8 Å². The summed E-state index contributed by atoms with van der Waals surface area (Å²) in [7, 11) is 0. The zero-order valence-electron chi connectivity index (χ0n) is 16.7. The van der Waals surface area contributed by atoms with Crippen LogP contribution >= 0.6 is 0 Å². The number of benzene rings is 2. The van der Waals surface area contributed by atoms with Gasteiger partial charge in [0.25, 0.3) is 0 Å². The summed E-state index contributed by atoms with van der Waals surface area (Å²) in [6, 6.07) is 14.3. The molecule has 2 aliphatic rings. The summed E-state index contributed by atoms with van der Waals surface area (Å²) in [5.41, 5.74) is 7.55. The molecule has 1 aliphatic heterocycles. The molecule has 2 amide bonds. The van der Waals surface area contributed by atoms with Crippen LogP contribution in [0.25, 0.3) is 11.1 Å². The van der Waals surface area contributed by atoms with Crippen LogP contribution in [0.2, 0.25) is 0 Å². The van der Waals surface area contributed by atoms with E-state index in [9.17, 15) is 14.0 Å². The summed E-state index contributed by atoms with van der Waals surface area (Å²) in [5, 5.41) is 0. The van der Waals surface area contributed by atoms with Crippen LogP contribution in [0, 0.1) is 23.1 Å². The zero-order chi connectivity index (χ0) is 20.6. The fraction of sp³-hybridized carbons (Fsp3) is 0.417. The Balaban J connectivity index is 1.46. The van der Waals surface area contributed by atoms with Crippen LogP contribution in [0.15, 0.2) is 48.5 Å². The monoisotopic (exact) mass is 394 g/mol. The number of nitrogens with two attached hydrogens (primary N) is 1. The largest absolute Gasteiger partial charge is 0.369 e. The van der Waals surface area contributed by atoms with Crippen LogP contribution in [-0.2, 0) is 16.0 Å². The van der Waals surface area contributed by atoms with Gasteiger partial charge in [0.2, 0.25) is 11.8 Å². The van der Waals surface area contributed by atoms with Gasteiger partial charge in [0.1, 0.15) is 5.82 Å². The van der Waals surface area contributed by atoms with Crippen molar-refractivity contribution in [1.82, 2.24) is 4.90 Å². The molecule has 0 unspecified atom stereocenters. The summed E-state index contributed by atoms with van der Waals surface area (Å²) < 4.78 is 14.0. The number of piperidine rings is 1. The van der Waals surface area contributed by atoms with Gasteiger partial charge in [0, 0.05) is 24.6 Å². The highest BCUT2D eigenvalue weighted by molar-refractivity contribution is 5.84. The smallest absolute Gasteiger partial charge is 0.225 e. The van der Waals surface area contributed by atoms with E-state index in [1.54, 1.807) is 12.1 Å². The van der Waals surface area contributed by atoms with Crippen molar-refractivity contribution in [1.29, 1.82) is 0 Å². The van der Waals surface area contributed by atoms with Crippen molar-refractivity contribution in [2.75, 3.05) is 13.1 Å². The highest BCUT2D eigenvalue weighted by Crippen LogP contribution is 2.41. The minimum atomic E-state index is -0.633. The molecule has 1 heterocycles. The maximum Gasteiger partial charge on any atom is 0.225 e. The third-order valence-electron chi connectivity index (χ3n) is 6.66. The van der Waals surface area contributed by atoms with Crippen molar-refractivity contribution in [3.05, 3.63) is 59.9 Å². The highest BCUT2D eigenvalue weighted by Gasteiger charge is 2.45. The van der Waals surface area contributed by atoms with Crippen molar-refractivity contribution in [3.8, 4) is 11.1 Å². The molecule has 2 N–H and O–H groups in total. The van der Waals surface area contributed by atoms with E-state index in [0.717, 1.165) is 17.5 Å². The molecule has 0 spiro atoms. The second-order valence-corrected chi connectivity index (χ2v) is 8.64. The number of halogens is 1. The summed E-state index contributed by atoms with van der Waals surface area (Å²) in [5.74, 6) is 0.323. The van der Waals surface area contributed by atoms with E-state index >= 15 is 0 Å². The van der Waals surface area contributed by atoms with Crippen LogP contribution in [0.1, 0.15) is 31.7 Å². The molecule has 0 bridgehead atoms. The van der Waals surface area contributed by atoms with Crippen LogP contribution in [0.5, 0.6) is 0 Å². The number of primary amides is 1. The van der Waals surface area contributed by atoms with Gasteiger partial charge >= 0.3 is 0 Å². The number of amides is 2. The molecular formula is C24H27FN2O2. The number of carbonyl (C=O) groups is 2. The van der Waals surface area contributed by atoms with Gasteiger partial charge < -0.3 is 10.6 Å². The Bertz CT molecular complexity index is 917. The zero-order valence-corrected chi connectivity index (χ0v) is 16.7. The lowest BCUT2D eigenvalue weighted by atomic mass is 9.73. The molecule has 2 aromatic carbocycles. The summed E-state index contributed by atoms with van der Waals surface area (Å²) in [4.78, 5) is 26.7. The maximum atomic E-state index is 14.0. The lowest BCUT2D eigenvalue weighted by molar-refractivity contribution is -0.140. The van der Waals surface area contributed by atoms with E-state index < -0.39 is 5.41 Å². The summed E-state index contributed by atoms with van der Waals surface area (Å²) in [6.07, 6.45) is 2.70. The molecule has 1 saturated carbocycles. The lowest BCUT2D eigenvalue weighted by Gasteiger charge is -2.40. The molecule has 1 aliphatic carbocycles. The number of hydrogen-bond donors (Lipinski definition) is 1. The van der Waals surface area contributed by atoms with Crippen molar-refractivity contribution in [3.63, 3.8) is 0 Å². The number of nitrogens with zero attached hydrogens (tertiary/aromatic N) is 1. The molecule has 2 atom stereocenters. The highest BCUT2D eigenvalue weighted by atomic mass is 19.1. The Morgan fingerprint density at radius 2 is 1.72 bits per heavy atom. The van der Waals surface area contributed by atoms with E-state index in [4.69, 9.17) is 5.73 Å². The summed E-state index contributed by atoms with van der Waals surface area (Å²) >= 11 is 0. The molecule has 5 heteroatoms. The average molecular weight is 394 g/mol. The minimum Gasteiger partial charge on any atom is -0.369 e. The van der Waals surface area contributed by atoms with Crippen molar-refractivity contribution in [2.45, 2.75) is 32.6 Å². The van der Waals surface area contributed by atoms with Crippen molar-refractivity contribution in [2.24, 2.45) is 23.0 Å².